The van der Waals surface area contributed by atoms with Gasteiger partial charge in [0, 0.05) is 13.1 Å². The fourth-order valence-electron chi connectivity index (χ4n) is 3.61. The highest BCUT2D eigenvalue weighted by Crippen LogP contribution is 2.23. The van der Waals surface area contributed by atoms with Crippen molar-refractivity contribution in [1.29, 1.82) is 5.26 Å². The monoisotopic (exact) mass is 548 g/mol. The molecule has 0 aromatic heterocycles. The predicted octanol–water partition coefficient (Wildman–Crippen LogP) is 1.78. The van der Waals surface area contributed by atoms with Crippen LogP contribution in [0.1, 0.15) is 19.3 Å². The summed E-state index contributed by atoms with van der Waals surface area (Å²) in [6, 6.07) is 9.37. The summed E-state index contributed by atoms with van der Waals surface area (Å²) in [6.07, 6.45) is 2.52. The number of hydrogen-bond donors (Lipinski definition) is 3. The van der Waals surface area contributed by atoms with Crippen molar-refractivity contribution in [1.82, 2.24) is 14.7 Å². The summed E-state index contributed by atoms with van der Waals surface area (Å²) < 4.78 is 52.5. The van der Waals surface area contributed by atoms with Crippen molar-refractivity contribution < 1.29 is 32.3 Å². The first kappa shape index (κ1) is 29.0. The number of hydrogen-bond acceptors (Lipinski definition) is 9. The Morgan fingerprint density at radius 2 is 1.79 bits per heavy atom. The molecule has 2 aromatic carbocycles. The van der Waals surface area contributed by atoms with Gasteiger partial charge in [-0.2, -0.15) is 15.0 Å². The van der Waals surface area contributed by atoms with Gasteiger partial charge >= 0.3 is 0 Å². The Bertz CT molecular complexity index is 1240. The van der Waals surface area contributed by atoms with Crippen LogP contribution in [0.3, 0.4) is 0 Å². The number of rotatable bonds is 10. The average Bonchev–Trinajstić information content (AvgIpc) is 2.92. The van der Waals surface area contributed by atoms with Gasteiger partial charge in [-0.3, -0.25) is 10.0 Å². The molecule has 1 aliphatic rings. The summed E-state index contributed by atoms with van der Waals surface area (Å²) in [5, 5.41) is 19.9. The number of nitrogens with zero attached hydrogens (tertiary/aromatic N) is 4. The smallest absolute Gasteiger partial charge is 0.271 e. The summed E-state index contributed by atoms with van der Waals surface area (Å²) in [5.74, 6) is -1.05. The molecule has 204 valence electrons. The minimum atomic E-state index is -4.22. The zero-order chi connectivity index (χ0) is 27.5. The van der Waals surface area contributed by atoms with Crippen LogP contribution in [0.15, 0.2) is 58.4 Å². The second-order valence-corrected chi connectivity index (χ2v) is 9.96. The summed E-state index contributed by atoms with van der Waals surface area (Å²) in [4.78, 5) is 18.1. The SMILES string of the molecule is N#CN=C(N1CCOCC1)N(O)C(=O)[C@@H](CCCCN)NS(=O)(=O)c1ccc(Oc2ccc(F)cc2)cc1. The fraction of sp³-hybridized carbons (Fsp3) is 0.375. The molecule has 38 heavy (non-hydrogen) atoms. The number of amides is 1. The number of nitrogens with one attached hydrogen (secondary N) is 1. The molecule has 0 radical (unpaired) electrons. The van der Waals surface area contributed by atoms with Gasteiger partial charge in [0.2, 0.25) is 22.2 Å². The molecule has 0 bridgehead atoms. The molecule has 1 saturated heterocycles. The zero-order valence-electron chi connectivity index (χ0n) is 20.5. The first-order valence-electron chi connectivity index (χ1n) is 11.8. The molecule has 1 heterocycles. The lowest BCUT2D eigenvalue weighted by Gasteiger charge is -2.32. The minimum absolute atomic E-state index is 0.0427. The number of nitriles is 1. The zero-order valence-corrected chi connectivity index (χ0v) is 21.3. The van der Waals surface area contributed by atoms with Crippen LogP contribution in [-0.4, -0.2) is 74.3 Å². The lowest BCUT2D eigenvalue weighted by atomic mass is 10.1. The molecular weight excluding hydrogens is 519 g/mol. The third kappa shape index (κ3) is 7.94. The number of carbonyl (C=O) groups is 1. The van der Waals surface area contributed by atoms with Crippen LogP contribution >= 0.6 is 0 Å². The van der Waals surface area contributed by atoms with Gasteiger partial charge in [-0.05, 0) is 67.9 Å². The van der Waals surface area contributed by atoms with E-state index in [1.807, 2.05) is 0 Å². The standard InChI is InChI=1S/C24H29FN6O6S/c25-18-4-6-19(7-5-18)37-20-8-10-21(11-9-20)38(34,35)29-22(3-1-2-12-26)23(32)31(33)24(28-17-27)30-13-15-36-16-14-30/h4-11,22,29,33H,1-3,12-16,26H2/t22-/m1/s1. The van der Waals surface area contributed by atoms with E-state index >= 15 is 0 Å². The van der Waals surface area contributed by atoms with Crippen LogP contribution in [-0.2, 0) is 19.6 Å². The van der Waals surface area contributed by atoms with E-state index in [-0.39, 0.29) is 35.4 Å². The second-order valence-electron chi connectivity index (χ2n) is 8.25. The van der Waals surface area contributed by atoms with Crippen molar-refractivity contribution in [2.45, 2.75) is 30.2 Å². The number of benzene rings is 2. The van der Waals surface area contributed by atoms with Crippen molar-refractivity contribution in [2.75, 3.05) is 32.8 Å². The Labute approximate surface area is 220 Å². The van der Waals surface area contributed by atoms with E-state index in [9.17, 15) is 22.8 Å². The molecule has 1 amide bonds. The first-order valence-corrected chi connectivity index (χ1v) is 13.3. The Morgan fingerprint density at radius 1 is 1.18 bits per heavy atom. The van der Waals surface area contributed by atoms with Gasteiger partial charge in [-0.15, -0.1) is 4.99 Å². The molecule has 0 aliphatic carbocycles. The number of carbonyl (C=O) groups excluding carboxylic acids is 1. The van der Waals surface area contributed by atoms with Crippen molar-refractivity contribution in [2.24, 2.45) is 10.7 Å². The number of hydroxylamine groups is 2. The van der Waals surface area contributed by atoms with Crippen molar-refractivity contribution in [3.8, 4) is 17.7 Å². The summed E-state index contributed by atoms with van der Waals surface area (Å²) in [5.41, 5.74) is 5.54. The largest absolute Gasteiger partial charge is 0.457 e. The van der Waals surface area contributed by atoms with Crippen molar-refractivity contribution in [3.05, 3.63) is 54.3 Å². The van der Waals surface area contributed by atoms with Gasteiger partial charge < -0.3 is 20.1 Å². The first-order chi connectivity index (χ1) is 18.2. The predicted molar refractivity (Wildman–Crippen MR) is 134 cm³/mol. The van der Waals surface area contributed by atoms with Gasteiger partial charge in [0.15, 0.2) is 0 Å². The Balaban J connectivity index is 1.77. The molecule has 3 rings (SSSR count). The van der Waals surface area contributed by atoms with Crippen LogP contribution < -0.4 is 15.2 Å². The topological polar surface area (TPSA) is 171 Å². The maximum atomic E-state index is 13.2. The van der Waals surface area contributed by atoms with Gasteiger partial charge in [0.25, 0.3) is 5.91 Å². The molecule has 1 atom stereocenters. The molecule has 1 fully saturated rings. The lowest BCUT2D eigenvalue weighted by molar-refractivity contribution is -0.153. The molecule has 12 nitrogen and oxygen atoms in total. The molecule has 1 aliphatic heterocycles. The van der Waals surface area contributed by atoms with Gasteiger partial charge in [-0.25, -0.2) is 12.8 Å². The van der Waals surface area contributed by atoms with Crippen LogP contribution in [0.25, 0.3) is 0 Å². The van der Waals surface area contributed by atoms with E-state index in [0.29, 0.717) is 44.1 Å². The van der Waals surface area contributed by atoms with E-state index in [1.54, 1.807) is 6.19 Å². The highest BCUT2D eigenvalue weighted by molar-refractivity contribution is 7.89. The van der Waals surface area contributed by atoms with E-state index in [0.717, 1.165) is 0 Å². The van der Waals surface area contributed by atoms with Gasteiger partial charge in [0.1, 0.15) is 23.4 Å². The van der Waals surface area contributed by atoms with E-state index < -0.39 is 27.8 Å². The van der Waals surface area contributed by atoms with Crippen LogP contribution in [0, 0.1) is 17.3 Å². The summed E-state index contributed by atoms with van der Waals surface area (Å²) in [7, 11) is -4.22. The number of ether oxygens (including phenoxy) is 2. The van der Waals surface area contributed by atoms with Crippen molar-refractivity contribution in [3.63, 3.8) is 0 Å². The Hall–Kier alpha value is -3.61. The molecule has 0 unspecified atom stereocenters. The number of unbranched alkanes of at least 4 members (excludes halogenated alkanes) is 1. The van der Waals surface area contributed by atoms with Gasteiger partial charge in [0.05, 0.1) is 18.1 Å². The van der Waals surface area contributed by atoms with Crippen LogP contribution in [0.5, 0.6) is 11.5 Å². The lowest BCUT2D eigenvalue weighted by Crippen LogP contribution is -2.55. The summed E-state index contributed by atoms with van der Waals surface area (Å²) in [6.45, 7) is 1.50. The molecule has 4 N–H and O–H groups in total. The number of sulfonamides is 1. The van der Waals surface area contributed by atoms with E-state index in [2.05, 4.69) is 9.71 Å². The highest BCUT2D eigenvalue weighted by atomic mass is 32.2. The molecular formula is C24H29FN6O6S. The number of aliphatic imine (C=N–C) groups is 1. The van der Waals surface area contributed by atoms with Gasteiger partial charge in [-0.1, -0.05) is 6.42 Å². The highest BCUT2D eigenvalue weighted by Gasteiger charge is 2.33. The van der Waals surface area contributed by atoms with Crippen molar-refractivity contribution >= 4 is 21.9 Å². The summed E-state index contributed by atoms with van der Waals surface area (Å²) >= 11 is 0. The fourth-order valence-corrected chi connectivity index (χ4v) is 4.84. The third-order valence-electron chi connectivity index (χ3n) is 5.57. The molecule has 0 spiro atoms. The van der Waals surface area contributed by atoms with Crippen LogP contribution in [0.2, 0.25) is 0 Å². The minimum Gasteiger partial charge on any atom is -0.457 e. The average molecular weight is 549 g/mol. The Kier molecular flexibility index (Phi) is 10.5. The van der Waals surface area contributed by atoms with E-state index in [1.165, 1.54) is 53.4 Å². The normalized spacial score (nSPS) is 15.0. The van der Waals surface area contributed by atoms with Crippen LogP contribution in [0.4, 0.5) is 4.39 Å². The number of nitrogens with two attached hydrogens (primary N) is 1. The van der Waals surface area contributed by atoms with E-state index in [4.69, 9.17) is 20.5 Å². The molecule has 14 heteroatoms. The Morgan fingerprint density at radius 3 is 2.37 bits per heavy atom. The quantitative estimate of drug-likeness (QED) is 0.1000. The second kappa shape index (κ2) is 13.8. The maximum absolute atomic E-state index is 13.2. The number of halogens is 1. The third-order valence-corrected chi connectivity index (χ3v) is 7.06. The molecule has 0 saturated carbocycles. The maximum Gasteiger partial charge on any atom is 0.271 e. The number of morpholine rings is 1. The molecule has 2 aromatic rings. The number of guanidine groups is 1.